The van der Waals surface area contributed by atoms with E-state index in [1.54, 1.807) is 6.92 Å². The zero-order chi connectivity index (χ0) is 12.0. The van der Waals surface area contributed by atoms with Crippen LogP contribution in [0, 0.1) is 5.92 Å². The number of rotatable bonds is 6. The molecule has 0 bridgehead atoms. The Bertz CT molecular complexity index is 287. The quantitative estimate of drug-likeness (QED) is 0.780. The molecule has 0 radical (unpaired) electrons. The van der Waals surface area contributed by atoms with Gasteiger partial charge in [0.1, 0.15) is 0 Å². The fraction of sp³-hybridized carbons (Fsp3) is 1.00. The minimum absolute atomic E-state index is 0.261. The molecule has 1 fully saturated rings. The minimum Gasteiger partial charge on any atom is -0.313 e. The van der Waals surface area contributed by atoms with Crippen LogP contribution in [-0.4, -0.2) is 32.5 Å². The van der Waals surface area contributed by atoms with E-state index in [9.17, 15) is 8.42 Å². The fourth-order valence-corrected chi connectivity index (χ4v) is 3.13. The molecule has 0 saturated heterocycles. The highest BCUT2D eigenvalue weighted by Gasteiger charge is 2.20. The molecule has 0 aromatic heterocycles. The summed E-state index contributed by atoms with van der Waals surface area (Å²) >= 11 is 0. The molecule has 1 N–H and O–H groups in total. The van der Waals surface area contributed by atoms with Gasteiger partial charge in [-0.3, -0.25) is 0 Å². The van der Waals surface area contributed by atoms with Gasteiger partial charge in [0, 0.05) is 18.3 Å². The molecule has 3 nitrogen and oxygen atoms in total. The van der Waals surface area contributed by atoms with Crippen LogP contribution in [0.25, 0.3) is 0 Å². The summed E-state index contributed by atoms with van der Waals surface area (Å²) in [7, 11) is -2.80. The Balaban J connectivity index is 2.22. The largest absolute Gasteiger partial charge is 0.313 e. The predicted molar refractivity (Wildman–Crippen MR) is 68.4 cm³/mol. The van der Waals surface area contributed by atoms with E-state index in [2.05, 4.69) is 12.2 Å². The molecule has 1 saturated carbocycles. The van der Waals surface area contributed by atoms with Crippen molar-refractivity contribution in [1.82, 2.24) is 5.32 Å². The average Bonchev–Trinajstić information content (AvgIpc) is 2.29. The summed E-state index contributed by atoms with van der Waals surface area (Å²) in [5.74, 6) is 1.39. The predicted octanol–water partition coefficient (Wildman–Crippen LogP) is 1.98. The highest BCUT2D eigenvalue weighted by molar-refractivity contribution is 7.91. The Morgan fingerprint density at radius 3 is 2.62 bits per heavy atom. The van der Waals surface area contributed by atoms with Crippen molar-refractivity contribution >= 4 is 9.84 Å². The molecule has 0 amide bonds. The number of hydrogen-bond donors (Lipinski definition) is 1. The highest BCUT2D eigenvalue weighted by atomic mass is 32.2. The molecule has 96 valence electrons. The molecular formula is C12H25NO2S. The summed E-state index contributed by atoms with van der Waals surface area (Å²) in [5, 5.41) is 3.40. The smallest absolute Gasteiger partial charge is 0.151 e. The van der Waals surface area contributed by atoms with E-state index in [1.165, 1.54) is 32.1 Å². The van der Waals surface area contributed by atoms with Crippen LogP contribution in [0.2, 0.25) is 0 Å². The summed E-state index contributed by atoms with van der Waals surface area (Å²) < 4.78 is 22.6. The monoisotopic (exact) mass is 247 g/mol. The Kier molecular flexibility index (Phi) is 5.76. The van der Waals surface area contributed by atoms with Crippen LogP contribution in [0.5, 0.6) is 0 Å². The number of nitrogens with one attached hydrogen (secondary N) is 1. The fourth-order valence-electron chi connectivity index (χ4n) is 2.41. The van der Waals surface area contributed by atoms with Gasteiger partial charge in [-0.15, -0.1) is 0 Å². The Morgan fingerprint density at radius 2 is 2.00 bits per heavy atom. The van der Waals surface area contributed by atoms with Crippen LogP contribution in [0.1, 0.15) is 46.0 Å². The topological polar surface area (TPSA) is 46.2 Å². The molecule has 0 aliphatic heterocycles. The Morgan fingerprint density at radius 1 is 1.25 bits per heavy atom. The van der Waals surface area contributed by atoms with Gasteiger partial charge >= 0.3 is 0 Å². The molecule has 1 aliphatic rings. The maximum absolute atomic E-state index is 11.3. The summed E-state index contributed by atoms with van der Waals surface area (Å²) in [4.78, 5) is 0. The lowest BCUT2D eigenvalue weighted by molar-refractivity contribution is 0.282. The molecule has 1 rings (SSSR count). The van der Waals surface area contributed by atoms with E-state index >= 15 is 0 Å². The summed E-state index contributed by atoms with van der Waals surface area (Å²) in [6, 6.07) is 0.547. The first-order valence-electron chi connectivity index (χ1n) is 6.51. The summed E-state index contributed by atoms with van der Waals surface area (Å²) in [5.41, 5.74) is 0. The summed E-state index contributed by atoms with van der Waals surface area (Å²) in [6.07, 6.45) is 6.33. The first kappa shape index (κ1) is 14.0. The zero-order valence-corrected chi connectivity index (χ0v) is 11.4. The van der Waals surface area contributed by atoms with Crippen molar-refractivity contribution in [2.24, 2.45) is 5.92 Å². The third kappa shape index (κ3) is 4.83. The average molecular weight is 247 g/mol. The van der Waals surface area contributed by atoms with E-state index in [0.29, 0.717) is 12.6 Å². The second-order valence-corrected chi connectivity index (χ2v) is 7.30. The standard InChI is InChI=1S/C12H25NO2S/c1-3-11-6-5-7-12(10-11)13-8-9-16(14,15)4-2/h11-13H,3-10H2,1-2H3. The molecule has 2 unspecified atom stereocenters. The third-order valence-electron chi connectivity index (χ3n) is 3.65. The molecule has 1 aliphatic carbocycles. The van der Waals surface area contributed by atoms with Crippen molar-refractivity contribution in [3.63, 3.8) is 0 Å². The molecule has 16 heavy (non-hydrogen) atoms. The SMILES string of the molecule is CCC1CCCC(NCCS(=O)(=O)CC)C1. The van der Waals surface area contributed by atoms with E-state index in [1.807, 2.05) is 0 Å². The van der Waals surface area contributed by atoms with Crippen LogP contribution < -0.4 is 5.32 Å². The van der Waals surface area contributed by atoms with Gasteiger partial charge in [0.2, 0.25) is 0 Å². The van der Waals surface area contributed by atoms with E-state index < -0.39 is 9.84 Å². The van der Waals surface area contributed by atoms with Crippen molar-refractivity contribution < 1.29 is 8.42 Å². The van der Waals surface area contributed by atoms with E-state index in [0.717, 1.165) is 5.92 Å². The number of sulfone groups is 1. The second kappa shape index (κ2) is 6.60. The highest BCUT2D eigenvalue weighted by Crippen LogP contribution is 2.26. The molecule has 2 atom stereocenters. The van der Waals surface area contributed by atoms with Gasteiger partial charge < -0.3 is 5.32 Å². The molecule has 0 spiro atoms. The molecule has 0 heterocycles. The van der Waals surface area contributed by atoms with Crippen LogP contribution in [0.3, 0.4) is 0 Å². The van der Waals surface area contributed by atoms with Crippen LogP contribution in [0.4, 0.5) is 0 Å². The van der Waals surface area contributed by atoms with Gasteiger partial charge in [-0.1, -0.05) is 33.1 Å². The number of hydrogen-bond acceptors (Lipinski definition) is 3. The lowest BCUT2D eigenvalue weighted by atomic mass is 9.84. The van der Waals surface area contributed by atoms with Crippen molar-refractivity contribution in [2.45, 2.75) is 52.0 Å². The molecule has 0 aromatic rings. The van der Waals surface area contributed by atoms with Gasteiger partial charge in [-0.05, 0) is 18.8 Å². The van der Waals surface area contributed by atoms with Crippen LogP contribution >= 0.6 is 0 Å². The lowest BCUT2D eigenvalue weighted by Gasteiger charge is -2.29. The van der Waals surface area contributed by atoms with E-state index in [-0.39, 0.29) is 11.5 Å². The first-order chi connectivity index (χ1) is 7.57. The molecule has 4 heteroatoms. The van der Waals surface area contributed by atoms with Crippen LogP contribution in [-0.2, 0) is 9.84 Å². The summed E-state index contributed by atoms with van der Waals surface area (Å²) in [6.45, 7) is 4.58. The van der Waals surface area contributed by atoms with Gasteiger partial charge in [0.25, 0.3) is 0 Å². The molecular weight excluding hydrogens is 222 g/mol. The van der Waals surface area contributed by atoms with Gasteiger partial charge in [-0.2, -0.15) is 0 Å². The van der Waals surface area contributed by atoms with Gasteiger partial charge in [0.15, 0.2) is 9.84 Å². The lowest BCUT2D eigenvalue weighted by Crippen LogP contribution is -2.37. The molecule has 0 aromatic carbocycles. The van der Waals surface area contributed by atoms with Crippen LogP contribution in [0.15, 0.2) is 0 Å². The van der Waals surface area contributed by atoms with Crippen molar-refractivity contribution in [2.75, 3.05) is 18.1 Å². The first-order valence-corrected chi connectivity index (χ1v) is 8.33. The third-order valence-corrected chi connectivity index (χ3v) is 5.35. The van der Waals surface area contributed by atoms with Crippen molar-refractivity contribution in [1.29, 1.82) is 0 Å². The Labute approximate surface area is 99.9 Å². The zero-order valence-electron chi connectivity index (χ0n) is 10.5. The van der Waals surface area contributed by atoms with E-state index in [4.69, 9.17) is 0 Å². The van der Waals surface area contributed by atoms with Crippen molar-refractivity contribution in [3.05, 3.63) is 0 Å². The van der Waals surface area contributed by atoms with Crippen molar-refractivity contribution in [3.8, 4) is 0 Å². The minimum atomic E-state index is -2.80. The maximum atomic E-state index is 11.3. The second-order valence-electron chi connectivity index (χ2n) is 4.83. The Hall–Kier alpha value is -0.0900. The van der Waals surface area contributed by atoms with Gasteiger partial charge in [-0.25, -0.2) is 8.42 Å². The normalized spacial score (nSPS) is 26.9. The maximum Gasteiger partial charge on any atom is 0.151 e. The van der Waals surface area contributed by atoms with Gasteiger partial charge in [0.05, 0.1) is 5.75 Å².